The SMILES string of the molecule is CCCCCCCCCC(=O)[NH][Hf+2]([CH]1C=Cc2ccccc21)[SiH](c1ccccc1)c1ccccc1.[Cl-].[Cl-]. The molecule has 0 fully saturated rings. The monoisotopic (exact) mass is 718 g/mol. The Kier molecular flexibility index (Phi) is 14.8. The number of benzene rings is 3. The van der Waals surface area contributed by atoms with Gasteiger partial charge in [0, 0.05) is 0 Å². The fraction of sp³-hybridized carbons (Fsp3) is 0.323. The Bertz CT molecular complexity index is 1060. The Morgan fingerprint density at radius 1 is 0.757 bits per heavy atom. The van der Waals surface area contributed by atoms with Crippen LogP contribution in [0.3, 0.4) is 0 Å². The molecule has 0 saturated heterocycles. The average molecular weight is 718 g/mol. The third-order valence-corrected chi connectivity index (χ3v) is 34.0. The molecule has 0 spiro atoms. The van der Waals surface area contributed by atoms with Crippen LogP contribution < -0.4 is 38.5 Å². The molecular formula is C31H38Cl2HfNOSi. The van der Waals surface area contributed by atoms with E-state index in [9.17, 15) is 4.79 Å². The summed E-state index contributed by atoms with van der Waals surface area (Å²) in [6, 6.07) is 30.9. The first-order chi connectivity index (χ1) is 17.3. The summed E-state index contributed by atoms with van der Waals surface area (Å²) >= 11 is -2.76. The molecule has 0 aliphatic heterocycles. The molecule has 2 nitrogen and oxygen atoms in total. The van der Waals surface area contributed by atoms with Crippen molar-refractivity contribution in [2.45, 2.75) is 62.0 Å². The van der Waals surface area contributed by atoms with Crippen LogP contribution >= 0.6 is 0 Å². The third kappa shape index (κ3) is 9.06. The summed E-state index contributed by atoms with van der Waals surface area (Å²) in [5.74, 6) is -1.27. The molecule has 0 bridgehead atoms. The van der Waals surface area contributed by atoms with Gasteiger partial charge in [-0.15, -0.1) is 0 Å². The van der Waals surface area contributed by atoms with Crippen LogP contribution in [0.1, 0.15) is 73.1 Å². The molecule has 1 amide bonds. The van der Waals surface area contributed by atoms with Gasteiger partial charge >= 0.3 is 221 Å². The molecule has 0 heterocycles. The molecule has 1 N–H and O–H groups in total. The number of amides is 1. The quantitative estimate of drug-likeness (QED) is 0.197. The van der Waals surface area contributed by atoms with Gasteiger partial charge in [-0.2, -0.15) is 0 Å². The minimum Gasteiger partial charge on any atom is -1.00 e. The van der Waals surface area contributed by atoms with Crippen molar-refractivity contribution in [2.75, 3.05) is 0 Å². The summed E-state index contributed by atoms with van der Waals surface area (Å²) in [5, 5.41) is 2.94. The van der Waals surface area contributed by atoms with Crippen molar-refractivity contribution in [3.63, 3.8) is 0 Å². The molecular weight excluding hydrogens is 680 g/mol. The van der Waals surface area contributed by atoms with Gasteiger partial charge in [-0.3, -0.25) is 0 Å². The largest absolute Gasteiger partial charge is 1.00 e. The van der Waals surface area contributed by atoms with Crippen molar-refractivity contribution in [1.29, 1.82) is 0 Å². The number of nitrogens with one attached hydrogen (secondary N) is 1. The van der Waals surface area contributed by atoms with Crippen molar-refractivity contribution in [3.05, 3.63) is 102 Å². The molecule has 1 aliphatic rings. The van der Waals surface area contributed by atoms with Gasteiger partial charge in [0.2, 0.25) is 0 Å². The van der Waals surface area contributed by atoms with Gasteiger partial charge in [-0.05, 0) is 0 Å². The van der Waals surface area contributed by atoms with Gasteiger partial charge in [-0.25, -0.2) is 0 Å². The van der Waals surface area contributed by atoms with E-state index in [1.807, 2.05) is 0 Å². The number of carbonyl (C=O) groups excluding carboxylic acids is 1. The second-order valence-corrected chi connectivity index (χ2v) is 29.5. The minimum atomic E-state index is -2.76. The predicted molar refractivity (Wildman–Crippen MR) is 148 cm³/mol. The van der Waals surface area contributed by atoms with E-state index in [0.29, 0.717) is 16.0 Å². The van der Waals surface area contributed by atoms with E-state index in [1.54, 1.807) is 0 Å². The van der Waals surface area contributed by atoms with E-state index >= 15 is 0 Å². The van der Waals surface area contributed by atoms with E-state index in [-0.39, 0.29) is 24.8 Å². The fourth-order valence-electron chi connectivity index (χ4n) is 5.16. The average Bonchev–Trinajstić information content (AvgIpc) is 3.33. The van der Waals surface area contributed by atoms with Crippen molar-refractivity contribution < 1.29 is 50.5 Å². The number of carbonyl (C=O) groups is 1. The fourth-order valence-corrected chi connectivity index (χ4v) is 34.4. The van der Waals surface area contributed by atoms with Crippen LogP contribution in [0, 0.1) is 0 Å². The summed E-state index contributed by atoms with van der Waals surface area (Å²) in [7, 11) is 0. The van der Waals surface area contributed by atoms with E-state index in [1.165, 1.54) is 60.0 Å². The minimum absolute atomic E-state index is 0. The van der Waals surface area contributed by atoms with Crippen LogP contribution in [-0.4, -0.2) is 11.9 Å². The van der Waals surface area contributed by atoms with Crippen molar-refractivity contribution in [3.8, 4) is 0 Å². The summed E-state index contributed by atoms with van der Waals surface area (Å²) < 4.78 is 4.20. The Morgan fingerprint density at radius 2 is 1.30 bits per heavy atom. The zero-order chi connectivity index (χ0) is 24.3. The van der Waals surface area contributed by atoms with Crippen LogP contribution in [0.4, 0.5) is 0 Å². The van der Waals surface area contributed by atoms with Gasteiger partial charge < -0.3 is 24.8 Å². The Morgan fingerprint density at radius 3 is 1.92 bits per heavy atom. The maximum atomic E-state index is 13.4. The van der Waals surface area contributed by atoms with Gasteiger partial charge in [0.1, 0.15) is 0 Å². The molecule has 1 atom stereocenters. The van der Waals surface area contributed by atoms with Crippen LogP contribution in [-0.2, 0) is 25.7 Å². The molecule has 1 aliphatic carbocycles. The summed E-state index contributed by atoms with van der Waals surface area (Å²) in [4.78, 5) is 13.4. The van der Waals surface area contributed by atoms with E-state index in [0.717, 1.165) is 6.42 Å². The summed E-state index contributed by atoms with van der Waals surface area (Å²) in [6.07, 6.45) is 14.0. The molecule has 1 unspecified atom stereocenters. The van der Waals surface area contributed by atoms with Gasteiger partial charge in [0.15, 0.2) is 0 Å². The maximum absolute atomic E-state index is 13.4. The normalized spacial score (nSPS) is 13.4. The number of fused-ring (bicyclic) bond motifs is 1. The van der Waals surface area contributed by atoms with E-state index < -0.39 is 26.9 Å². The summed E-state index contributed by atoms with van der Waals surface area (Å²) in [5.41, 5.74) is 2.76. The molecule has 0 saturated carbocycles. The number of hydrogen-bond donors (Lipinski definition) is 1. The molecule has 3 aromatic rings. The van der Waals surface area contributed by atoms with Crippen molar-refractivity contribution in [2.24, 2.45) is 0 Å². The van der Waals surface area contributed by atoms with Gasteiger partial charge in [0.05, 0.1) is 0 Å². The Hall–Kier alpha value is -1.46. The molecule has 3 aromatic carbocycles. The second kappa shape index (κ2) is 17.2. The van der Waals surface area contributed by atoms with Crippen LogP contribution in [0.5, 0.6) is 0 Å². The van der Waals surface area contributed by atoms with E-state index in [2.05, 4.69) is 107 Å². The van der Waals surface area contributed by atoms with E-state index in [4.69, 9.17) is 0 Å². The molecule has 0 aromatic heterocycles. The standard InChI is InChI=1S/C12H11Si.C10H21NO.C9H7.2ClH.Hf/c1-3-7-11(8-4-1)13-12-9-5-2-6-10-12;1-2-3-4-5-6-7-8-9-10(11)12;1-2-5-9-7-3-6-8(9)4-1;;;/h1-10,13H;2-9H2,1H3,(H2,11,12);1-7H;2*1H;/q;;;;;+3/p-3. The number of rotatable bonds is 13. The van der Waals surface area contributed by atoms with Gasteiger partial charge in [-0.1, -0.05) is 0 Å². The second-order valence-electron chi connectivity index (χ2n) is 9.59. The smallest absolute Gasteiger partial charge is 1.00 e. The van der Waals surface area contributed by atoms with Crippen LogP contribution in [0.2, 0.25) is 0 Å². The zero-order valence-corrected chi connectivity index (χ0v) is 28.0. The molecule has 6 heteroatoms. The Balaban J connectivity index is 0.00000241. The number of hydrogen-bond acceptors (Lipinski definition) is 1. The number of unbranched alkanes of at least 4 members (excludes halogenated alkanes) is 6. The zero-order valence-electron chi connectivity index (χ0n) is 21.7. The first-order valence-corrected chi connectivity index (χ1v) is 25.1. The molecule has 4 rings (SSSR count). The van der Waals surface area contributed by atoms with Crippen LogP contribution in [0.15, 0.2) is 91.0 Å². The first kappa shape index (κ1) is 31.8. The van der Waals surface area contributed by atoms with Crippen molar-refractivity contribution >= 4 is 28.3 Å². The van der Waals surface area contributed by atoms with Crippen molar-refractivity contribution in [1.82, 2.24) is 3.30 Å². The summed E-state index contributed by atoms with van der Waals surface area (Å²) in [6.45, 7) is 2.26. The Labute approximate surface area is 244 Å². The number of allylic oxidation sites excluding steroid dienone is 1. The molecule has 195 valence electrons. The topological polar surface area (TPSA) is 29.1 Å². The number of halogens is 2. The first-order valence-electron chi connectivity index (χ1n) is 13.3. The predicted octanol–water partition coefficient (Wildman–Crippen LogP) is 0.0908. The molecule has 37 heavy (non-hydrogen) atoms. The molecule has 0 radical (unpaired) electrons. The third-order valence-electron chi connectivity index (χ3n) is 7.00. The van der Waals surface area contributed by atoms with Crippen LogP contribution in [0.25, 0.3) is 6.08 Å². The van der Waals surface area contributed by atoms with Gasteiger partial charge in [0.25, 0.3) is 0 Å². The maximum Gasteiger partial charge on any atom is -1.00 e.